The Hall–Kier alpha value is -0.610. The van der Waals surface area contributed by atoms with Crippen LogP contribution in [0.3, 0.4) is 0 Å². The van der Waals surface area contributed by atoms with E-state index < -0.39 is 0 Å². The molecule has 1 aliphatic rings. The van der Waals surface area contributed by atoms with E-state index in [1.54, 1.807) is 71.8 Å². The van der Waals surface area contributed by atoms with E-state index in [0.29, 0.717) is 4.58 Å². The lowest BCUT2D eigenvalue weighted by atomic mass is 10.6. The lowest BCUT2D eigenvalue weighted by molar-refractivity contribution is 1.03. The van der Waals surface area contributed by atoms with Gasteiger partial charge >= 0.3 is 0 Å². The normalized spacial score (nSPS) is 15.1. The van der Waals surface area contributed by atoms with Crippen molar-refractivity contribution < 1.29 is 0 Å². The van der Waals surface area contributed by atoms with Gasteiger partial charge in [-0.1, -0.05) is 35.7 Å². The zero-order valence-electron chi connectivity index (χ0n) is 11.9. The molecule has 0 N–H and O–H groups in total. The molecule has 23 heavy (non-hydrogen) atoms. The van der Waals surface area contributed by atoms with Gasteiger partial charge in [0.05, 0.1) is 24.6 Å². The van der Waals surface area contributed by atoms with Gasteiger partial charge < -0.3 is 0 Å². The van der Waals surface area contributed by atoms with E-state index in [1.807, 2.05) is 17.5 Å². The molecular formula is C14H12N4S5. The van der Waals surface area contributed by atoms with Gasteiger partial charge in [0.15, 0.2) is 0 Å². The number of thiocarbonyl (C=S) groups is 1. The first-order valence-corrected chi connectivity index (χ1v) is 10.9. The third-order valence-electron chi connectivity index (χ3n) is 2.63. The van der Waals surface area contributed by atoms with Crippen LogP contribution in [0.5, 0.6) is 0 Å². The summed E-state index contributed by atoms with van der Waals surface area (Å²) in [5.41, 5.74) is 0. The van der Waals surface area contributed by atoms with Crippen molar-refractivity contribution in [1.82, 2.24) is 19.9 Å². The number of aromatic nitrogens is 4. The predicted molar refractivity (Wildman–Crippen MR) is 106 cm³/mol. The van der Waals surface area contributed by atoms with E-state index in [9.17, 15) is 0 Å². The first-order valence-electron chi connectivity index (χ1n) is 6.65. The molecule has 0 radical (unpaired) electrons. The molecule has 118 valence electrons. The fraction of sp³-hybridized carbons (Fsp3) is 0.214. The van der Waals surface area contributed by atoms with Crippen molar-refractivity contribution in [2.45, 2.75) is 16.1 Å². The number of rotatable bonds is 7. The van der Waals surface area contributed by atoms with Crippen LogP contribution in [-0.2, 0) is 11.5 Å². The SMILES string of the molecule is S=CC1SC(SCc2ncccn2)=C(SCc2ncccn2)S1. The molecule has 3 heterocycles. The zero-order chi connectivity index (χ0) is 15.9. The number of hydrogen-bond donors (Lipinski definition) is 0. The summed E-state index contributed by atoms with van der Waals surface area (Å²) in [7, 11) is 0. The lowest BCUT2D eigenvalue weighted by Gasteiger charge is -2.04. The predicted octanol–water partition coefficient (Wildman–Crippen LogP) is 4.37. The van der Waals surface area contributed by atoms with Crippen molar-refractivity contribution in [3.05, 3.63) is 57.0 Å². The Bertz CT molecular complexity index is 625. The van der Waals surface area contributed by atoms with Crippen LogP contribution >= 0.6 is 59.3 Å². The molecule has 0 unspecified atom stereocenters. The highest BCUT2D eigenvalue weighted by Gasteiger charge is 2.25. The maximum absolute atomic E-state index is 5.11. The molecule has 0 fully saturated rings. The van der Waals surface area contributed by atoms with Crippen LogP contribution in [0.25, 0.3) is 0 Å². The van der Waals surface area contributed by atoms with Crippen molar-refractivity contribution in [1.29, 1.82) is 0 Å². The van der Waals surface area contributed by atoms with Gasteiger partial charge in [0.25, 0.3) is 0 Å². The largest absolute Gasteiger partial charge is 0.240 e. The molecule has 0 saturated carbocycles. The second-order valence-electron chi connectivity index (χ2n) is 4.22. The Kier molecular flexibility index (Phi) is 6.76. The Morgan fingerprint density at radius 3 is 1.70 bits per heavy atom. The van der Waals surface area contributed by atoms with Crippen molar-refractivity contribution in [2.24, 2.45) is 0 Å². The minimum Gasteiger partial charge on any atom is -0.240 e. The summed E-state index contributed by atoms with van der Waals surface area (Å²) in [6, 6.07) is 3.66. The molecule has 0 aliphatic carbocycles. The van der Waals surface area contributed by atoms with Crippen molar-refractivity contribution >= 4 is 64.6 Å². The Morgan fingerprint density at radius 2 is 1.30 bits per heavy atom. The van der Waals surface area contributed by atoms with Crippen LogP contribution in [0.1, 0.15) is 11.6 Å². The van der Waals surface area contributed by atoms with E-state index in [1.165, 1.54) is 8.47 Å². The molecule has 2 aromatic heterocycles. The summed E-state index contributed by atoms with van der Waals surface area (Å²) in [5.74, 6) is 3.22. The molecule has 0 saturated heterocycles. The third kappa shape index (κ3) is 5.18. The van der Waals surface area contributed by atoms with Gasteiger partial charge in [0, 0.05) is 30.2 Å². The van der Waals surface area contributed by atoms with Gasteiger partial charge in [-0.05, 0) is 12.1 Å². The van der Waals surface area contributed by atoms with Crippen molar-refractivity contribution in [3.8, 4) is 0 Å². The van der Waals surface area contributed by atoms with Gasteiger partial charge in [0.2, 0.25) is 0 Å². The molecule has 9 heteroatoms. The fourth-order valence-electron chi connectivity index (χ4n) is 1.64. The van der Waals surface area contributed by atoms with E-state index in [4.69, 9.17) is 12.2 Å². The third-order valence-corrected chi connectivity index (χ3v) is 8.93. The van der Waals surface area contributed by atoms with Crippen LogP contribution in [0.15, 0.2) is 45.4 Å². The first kappa shape index (κ1) is 17.2. The standard InChI is InChI=1S/C14H12N4S5/c19-7-12-22-13(20-8-10-15-3-1-4-16-10)14(23-12)21-9-11-17-5-2-6-18-11/h1-7,12H,8-9H2. The second-order valence-corrected chi connectivity index (χ2v) is 9.58. The first-order chi connectivity index (χ1) is 11.3. The molecule has 3 rings (SSSR count). The van der Waals surface area contributed by atoms with Gasteiger partial charge in [-0.3, -0.25) is 0 Å². The second kappa shape index (κ2) is 9.03. The molecule has 0 aromatic carbocycles. The molecule has 2 aromatic rings. The Balaban J connectivity index is 1.64. The average Bonchev–Trinajstić information content (AvgIpc) is 3.02. The highest BCUT2D eigenvalue weighted by molar-refractivity contribution is 8.38. The summed E-state index contributed by atoms with van der Waals surface area (Å²) in [6.07, 6.45) is 7.10. The molecule has 1 aliphatic heterocycles. The van der Waals surface area contributed by atoms with Crippen molar-refractivity contribution in [2.75, 3.05) is 0 Å². The molecule has 0 spiro atoms. The molecule has 0 amide bonds. The monoisotopic (exact) mass is 396 g/mol. The maximum atomic E-state index is 5.11. The summed E-state index contributed by atoms with van der Waals surface area (Å²) in [5, 5.41) is 1.82. The van der Waals surface area contributed by atoms with Gasteiger partial charge in [-0.25, -0.2) is 19.9 Å². The van der Waals surface area contributed by atoms with E-state index in [-0.39, 0.29) is 0 Å². The van der Waals surface area contributed by atoms with Gasteiger partial charge in [-0.2, -0.15) is 0 Å². The minimum atomic E-state index is 0.295. The summed E-state index contributed by atoms with van der Waals surface area (Å²) in [6.45, 7) is 0. The van der Waals surface area contributed by atoms with Gasteiger partial charge in [-0.15, -0.1) is 23.5 Å². The number of nitrogens with zero attached hydrogens (tertiary/aromatic N) is 4. The molecular weight excluding hydrogens is 385 g/mol. The number of hydrogen-bond acceptors (Lipinski definition) is 9. The lowest BCUT2D eigenvalue weighted by Crippen LogP contribution is -1.90. The smallest absolute Gasteiger partial charge is 0.138 e. The summed E-state index contributed by atoms with van der Waals surface area (Å²) >= 11 is 12.3. The van der Waals surface area contributed by atoms with Crippen LogP contribution < -0.4 is 0 Å². The zero-order valence-corrected chi connectivity index (χ0v) is 15.9. The van der Waals surface area contributed by atoms with Crippen LogP contribution in [0, 0.1) is 0 Å². The van der Waals surface area contributed by atoms with E-state index in [0.717, 1.165) is 23.2 Å². The van der Waals surface area contributed by atoms with Crippen LogP contribution in [-0.4, -0.2) is 29.9 Å². The Morgan fingerprint density at radius 1 is 0.870 bits per heavy atom. The van der Waals surface area contributed by atoms with E-state index in [2.05, 4.69) is 19.9 Å². The average molecular weight is 397 g/mol. The molecule has 0 atom stereocenters. The van der Waals surface area contributed by atoms with Crippen molar-refractivity contribution in [3.63, 3.8) is 0 Å². The molecule has 4 nitrogen and oxygen atoms in total. The topological polar surface area (TPSA) is 51.6 Å². The quantitative estimate of drug-likeness (QED) is 0.635. The Labute approximate surface area is 157 Å². The molecule has 0 bridgehead atoms. The highest BCUT2D eigenvalue weighted by Crippen LogP contribution is 2.55. The maximum Gasteiger partial charge on any atom is 0.138 e. The highest BCUT2D eigenvalue weighted by atomic mass is 32.3. The summed E-state index contributed by atoms with van der Waals surface area (Å²) in [4.78, 5) is 17.1. The van der Waals surface area contributed by atoms with Crippen LogP contribution in [0.2, 0.25) is 0 Å². The minimum absolute atomic E-state index is 0.295. The van der Waals surface area contributed by atoms with Crippen LogP contribution in [0.4, 0.5) is 0 Å². The number of thioether (sulfide) groups is 4. The summed E-state index contributed by atoms with van der Waals surface area (Å²) < 4.78 is 2.87. The van der Waals surface area contributed by atoms with E-state index >= 15 is 0 Å². The fourth-order valence-corrected chi connectivity index (χ4v) is 7.69. The van der Waals surface area contributed by atoms with Gasteiger partial charge in [0.1, 0.15) is 11.6 Å².